The summed E-state index contributed by atoms with van der Waals surface area (Å²) in [4.78, 5) is 28.4. The highest BCUT2D eigenvalue weighted by Crippen LogP contribution is 2.27. The summed E-state index contributed by atoms with van der Waals surface area (Å²) in [6.45, 7) is 0. The normalized spacial score (nSPS) is 11.9. The van der Waals surface area contributed by atoms with Gasteiger partial charge in [-0.3, -0.25) is 9.78 Å². The van der Waals surface area contributed by atoms with Gasteiger partial charge in [0.15, 0.2) is 0 Å². The van der Waals surface area contributed by atoms with Gasteiger partial charge in [-0.15, -0.1) is 0 Å². The predicted molar refractivity (Wildman–Crippen MR) is 102 cm³/mol. The molecule has 0 bridgehead atoms. The Hall–Kier alpha value is -2.83. The third-order valence-electron chi connectivity index (χ3n) is 4.05. The summed E-state index contributed by atoms with van der Waals surface area (Å²) in [6, 6.07) is 9.73. The second kappa shape index (κ2) is 7.82. The molecule has 27 heavy (non-hydrogen) atoms. The largest absolute Gasteiger partial charge is 0.507 e. The first kappa shape index (κ1) is 18.9. The molecule has 0 radical (unpaired) electrons. The summed E-state index contributed by atoms with van der Waals surface area (Å²) in [5.74, 6) is -1.86. The van der Waals surface area contributed by atoms with Crippen LogP contribution in [0.3, 0.4) is 0 Å². The first-order chi connectivity index (χ1) is 12.9. The van der Waals surface area contributed by atoms with Gasteiger partial charge >= 0.3 is 5.97 Å². The summed E-state index contributed by atoms with van der Waals surface area (Å²) in [5, 5.41) is 22.7. The number of pyridine rings is 1. The van der Waals surface area contributed by atoms with Crippen molar-refractivity contribution in [2.24, 2.45) is 0 Å². The number of rotatable bonds is 5. The molecule has 0 aliphatic rings. The second-order valence-electron chi connectivity index (χ2n) is 5.81. The molecule has 0 saturated heterocycles. The molecule has 1 atom stereocenters. The number of phenols is 1. The minimum atomic E-state index is -1.24. The molecule has 1 aromatic heterocycles. The van der Waals surface area contributed by atoms with E-state index >= 15 is 0 Å². The average molecular weight is 405 g/mol. The van der Waals surface area contributed by atoms with Crippen LogP contribution >= 0.6 is 23.2 Å². The molecular formula is C19H14Cl2N2O4. The standard InChI is InChI=1S/C19H14Cl2N2O4/c20-12-4-1-5-13(21)16(12)18(25)23-14(19(26)27)9-10-6-7-15(24)11-3-2-8-22-17(10)11/h1-8,14,24H,9H2,(H,23,25)(H,26,27). The smallest absolute Gasteiger partial charge is 0.326 e. The fourth-order valence-corrected chi connectivity index (χ4v) is 3.32. The molecule has 6 nitrogen and oxygen atoms in total. The van der Waals surface area contributed by atoms with Gasteiger partial charge in [-0.05, 0) is 35.9 Å². The maximum absolute atomic E-state index is 12.5. The highest BCUT2D eigenvalue weighted by atomic mass is 35.5. The molecule has 0 spiro atoms. The van der Waals surface area contributed by atoms with Crippen molar-refractivity contribution in [2.75, 3.05) is 0 Å². The van der Waals surface area contributed by atoms with Crippen LogP contribution < -0.4 is 5.32 Å². The molecule has 138 valence electrons. The molecular weight excluding hydrogens is 391 g/mol. The lowest BCUT2D eigenvalue weighted by Gasteiger charge is -2.17. The Labute approximate surface area is 164 Å². The van der Waals surface area contributed by atoms with Crippen molar-refractivity contribution >= 4 is 46.0 Å². The van der Waals surface area contributed by atoms with Gasteiger partial charge in [0.1, 0.15) is 11.8 Å². The van der Waals surface area contributed by atoms with E-state index < -0.39 is 17.9 Å². The molecule has 1 amide bonds. The first-order valence-electron chi connectivity index (χ1n) is 7.91. The van der Waals surface area contributed by atoms with E-state index in [1.165, 1.54) is 18.2 Å². The molecule has 1 unspecified atom stereocenters. The van der Waals surface area contributed by atoms with Crippen molar-refractivity contribution in [3.05, 3.63) is 69.8 Å². The van der Waals surface area contributed by atoms with Crippen LogP contribution in [0.15, 0.2) is 48.7 Å². The van der Waals surface area contributed by atoms with Gasteiger partial charge < -0.3 is 15.5 Å². The Morgan fingerprint density at radius 3 is 2.44 bits per heavy atom. The number of nitrogens with one attached hydrogen (secondary N) is 1. The number of hydrogen-bond acceptors (Lipinski definition) is 4. The minimum Gasteiger partial charge on any atom is -0.507 e. The van der Waals surface area contributed by atoms with Gasteiger partial charge in [-0.1, -0.05) is 35.3 Å². The van der Waals surface area contributed by atoms with Crippen molar-refractivity contribution in [3.63, 3.8) is 0 Å². The van der Waals surface area contributed by atoms with Crippen LogP contribution in [0.2, 0.25) is 10.0 Å². The van der Waals surface area contributed by atoms with Gasteiger partial charge in [-0.2, -0.15) is 0 Å². The van der Waals surface area contributed by atoms with Gasteiger partial charge in [0.05, 0.1) is 21.1 Å². The van der Waals surface area contributed by atoms with Gasteiger partial charge in [0, 0.05) is 18.0 Å². The van der Waals surface area contributed by atoms with E-state index in [0.29, 0.717) is 16.5 Å². The number of fused-ring (bicyclic) bond motifs is 1. The summed E-state index contributed by atoms with van der Waals surface area (Å²) in [5.41, 5.74) is 1.05. The van der Waals surface area contributed by atoms with Crippen LogP contribution in [-0.2, 0) is 11.2 Å². The van der Waals surface area contributed by atoms with Crippen LogP contribution in [0.25, 0.3) is 10.9 Å². The summed E-state index contributed by atoms with van der Waals surface area (Å²) in [7, 11) is 0. The van der Waals surface area contributed by atoms with Crippen LogP contribution in [0.1, 0.15) is 15.9 Å². The van der Waals surface area contributed by atoms with Crippen molar-refractivity contribution in [2.45, 2.75) is 12.5 Å². The number of benzene rings is 2. The van der Waals surface area contributed by atoms with E-state index in [2.05, 4.69) is 10.3 Å². The van der Waals surface area contributed by atoms with Crippen molar-refractivity contribution in [1.82, 2.24) is 10.3 Å². The van der Waals surface area contributed by atoms with Gasteiger partial charge in [-0.25, -0.2) is 4.79 Å². The van der Waals surface area contributed by atoms with Crippen molar-refractivity contribution in [1.29, 1.82) is 0 Å². The molecule has 3 aromatic rings. The lowest BCUT2D eigenvalue weighted by Crippen LogP contribution is -2.42. The number of phenolic OH excluding ortho intramolecular Hbond substituents is 1. The van der Waals surface area contributed by atoms with Gasteiger partial charge in [0.2, 0.25) is 0 Å². The molecule has 0 aliphatic carbocycles. The summed E-state index contributed by atoms with van der Waals surface area (Å²) >= 11 is 12.0. The number of hydrogen-bond donors (Lipinski definition) is 3. The number of amides is 1. The number of carbonyl (C=O) groups is 2. The Balaban J connectivity index is 1.91. The van der Waals surface area contributed by atoms with E-state index in [9.17, 15) is 19.8 Å². The van der Waals surface area contributed by atoms with E-state index in [4.69, 9.17) is 23.2 Å². The van der Waals surface area contributed by atoms with E-state index in [0.717, 1.165) is 0 Å². The highest BCUT2D eigenvalue weighted by Gasteiger charge is 2.24. The Morgan fingerprint density at radius 2 is 1.78 bits per heavy atom. The fraction of sp³-hybridized carbons (Fsp3) is 0.105. The zero-order valence-electron chi connectivity index (χ0n) is 13.8. The summed E-state index contributed by atoms with van der Waals surface area (Å²) in [6.07, 6.45) is 1.51. The molecule has 3 rings (SSSR count). The SMILES string of the molecule is O=C(NC(Cc1ccc(O)c2cccnc12)C(=O)O)c1c(Cl)cccc1Cl. The van der Waals surface area contributed by atoms with E-state index in [-0.39, 0.29) is 27.8 Å². The Bertz CT molecular complexity index is 1020. The van der Waals surface area contributed by atoms with Crippen LogP contribution in [-0.4, -0.2) is 33.1 Å². The average Bonchev–Trinajstić information content (AvgIpc) is 2.63. The number of halogens is 2. The fourth-order valence-electron chi connectivity index (χ4n) is 2.75. The van der Waals surface area contributed by atoms with Crippen LogP contribution in [0.4, 0.5) is 0 Å². The quantitative estimate of drug-likeness (QED) is 0.602. The number of carboxylic acids is 1. The lowest BCUT2D eigenvalue weighted by molar-refractivity contribution is -0.139. The maximum Gasteiger partial charge on any atom is 0.326 e. The molecule has 2 aromatic carbocycles. The second-order valence-corrected chi connectivity index (χ2v) is 6.62. The summed E-state index contributed by atoms with van der Waals surface area (Å²) < 4.78 is 0. The molecule has 1 heterocycles. The Kier molecular flexibility index (Phi) is 5.48. The van der Waals surface area contributed by atoms with E-state index in [1.807, 2.05) is 0 Å². The minimum absolute atomic E-state index is 0.0146. The molecule has 0 saturated carbocycles. The highest BCUT2D eigenvalue weighted by molar-refractivity contribution is 6.39. The number of aromatic nitrogens is 1. The molecule has 0 fully saturated rings. The monoisotopic (exact) mass is 404 g/mol. The molecule has 8 heteroatoms. The number of aromatic hydroxyl groups is 1. The molecule has 3 N–H and O–H groups in total. The third-order valence-corrected chi connectivity index (χ3v) is 4.68. The molecule has 0 aliphatic heterocycles. The number of carboxylic acid groups (broad SMARTS) is 1. The number of aliphatic carboxylic acids is 1. The lowest BCUT2D eigenvalue weighted by atomic mass is 10.0. The predicted octanol–water partition coefficient (Wildman–Crippen LogP) is 3.67. The van der Waals surface area contributed by atoms with E-state index in [1.54, 1.807) is 30.5 Å². The topological polar surface area (TPSA) is 99.5 Å². The maximum atomic E-state index is 12.5. The third kappa shape index (κ3) is 3.97. The number of carbonyl (C=O) groups excluding carboxylic acids is 1. The van der Waals surface area contributed by atoms with Crippen LogP contribution in [0, 0.1) is 0 Å². The first-order valence-corrected chi connectivity index (χ1v) is 8.67. The van der Waals surface area contributed by atoms with Crippen molar-refractivity contribution < 1.29 is 19.8 Å². The van der Waals surface area contributed by atoms with Gasteiger partial charge in [0.25, 0.3) is 5.91 Å². The zero-order valence-corrected chi connectivity index (χ0v) is 15.3. The number of nitrogens with zero attached hydrogens (tertiary/aromatic N) is 1. The Morgan fingerprint density at radius 1 is 1.07 bits per heavy atom. The van der Waals surface area contributed by atoms with Crippen LogP contribution in [0.5, 0.6) is 5.75 Å². The van der Waals surface area contributed by atoms with Crippen molar-refractivity contribution in [3.8, 4) is 5.75 Å². The zero-order chi connectivity index (χ0) is 19.6.